The Bertz CT molecular complexity index is 1050. The summed E-state index contributed by atoms with van der Waals surface area (Å²) in [4.78, 5) is 30.1. The quantitative estimate of drug-likeness (QED) is 0.719. The SMILES string of the molecule is O=C1c2cccc3c(N4CCNCC4)ccc(c23)C(=O)N1Cc1ccccc1. The van der Waals surface area contributed by atoms with E-state index in [1.54, 1.807) is 0 Å². The average molecular weight is 371 g/mol. The van der Waals surface area contributed by atoms with Crippen molar-refractivity contribution in [1.29, 1.82) is 0 Å². The molecule has 0 unspecified atom stereocenters. The number of nitrogens with zero attached hydrogens (tertiary/aromatic N) is 2. The van der Waals surface area contributed by atoms with Gasteiger partial charge in [0.15, 0.2) is 0 Å². The van der Waals surface area contributed by atoms with Crippen molar-refractivity contribution in [1.82, 2.24) is 10.2 Å². The first-order valence-corrected chi connectivity index (χ1v) is 9.65. The van der Waals surface area contributed by atoms with E-state index in [0.29, 0.717) is 11.1 Å². The third-order valence-corrected chi connectivity index (χ3v) is 5.61. The number of benzene rings is 3. The van der Waals surface area contributed by atoms with E-state index in [4.69, 9.17) is 0 Å². The molecule has 28 heavy (non-hydrogen) atoms. The van der Waals surface area contributed by atoms with Gasteiger partial charge in [-0.2, -0.15) is 0 Å². The first kappa shape index (κ1) is 17.0. The van der Waals surface area contributed by atoms with Gasteiger partial charge >= 0.3 is 0 Å². The van der Waals surface area contributed by atoms with Crippen LogP contribution in [0.1, 0.15) is 26.3 Å². The van der Waals surface area contributed by atoms with Crippen LogP contribution in [0.2, 0.25) is 0 Å². The van der Waals surface area contributed by atoms with Crippen molar-refractivity contribution in [3.8, 4) is 0 Å². The lowest BCUT2D eigenvalue weighted by atomic mass is 9.92. The summed E-state index contributed by atoms with van der Waals surface area (Å²) in [5, 5.41) is 5.14. The van der Waals surface area contributed by atoms with Gasteiger partial charge in [0.05, 0.1) is 6.54 Å². The molecule has 2 heterocycles. The van der Waals surface area contributed by atoms with Crippen molar-refractivity contribution in [2.45, 2.75) is 6.54 Å². The fourth-order valence-corrected chi connectivity index (χ4v) is 4.22. The first-order valence-electron chi connectivity index (χ1n) is 9.65. The van der Waals surface area contributed by atoms with Crippen molar-refractivity contribution in [3.63, 3.8) is 0 Å². The number of nitrogens with one attached hydrogen (secondary N) is 1. The number of carbonyl (C=O) groups excluding carboxylic acids is 2. The van der Waals surface area contributed by atoms with Crippen molar-refractivity contribution < 1.29 is 9.59 Å². The zero-order valence-electron chi connectivity index (χ0n) is 15.5. The molecule has 0 saturated carbocycles. The van der Waals surface area contributed by atoms with Crippen LogP contribution in [0.5, 0.6) is 0 Å². The summed E-state index contributed by atoms with van der Waals surface area (Å²) in [6.45, 7) is 3.99. The van der Waals surface area contributed by atoms with Crippen LogP contribution in [0, 0.1) is 0 Å². The van der Waals surface area contributed by atoms with Gasteiger partial charge in [-0.1, -0.05) is 42.5 Å². The molecule has 2 aliphatic heterocycles. The maximum absolute atomic E-state index is 13.2. The van der Waals surface area contributed by atoms with Crippen LogP contribution in [0.4, 0.5) is 5.69 Å². The molecule has 1 saturated heterocycles. The molecule has 0 aromatic heterocycles. The van der Waals surface area contributed by atoms with E-state index in [2.05, 4.69) is 10.2 Å². The van der Waals surface area contributed by atoms with Crippen LogP contribution < -0.4 is 10.2 Å². The summed E-state index contributed by atoms with van der Waals surface area (Å²) in [5.74, 6) is -0.436. The summed E-state index contributed by atoms with van der Waals surface area (Å²) < 4.78 is 0. The molecule has 0 radical (unpaired) electrons. The molecule has 2 aliphatic rings. The zero-order chi connectivity index (χ0) is 19.1. The highest BCUT2D eigenvalue weighted by Gasteiger charge is 2.33. The first-order chi connectivity index (χ1) is 13.7. The third-order valence-electron chi connectivity index (χ3n) is 5.61. The second-order valence-corrected chi connectivity index (χ2v) is 7.28. The monoisotopic (exact) mass is 371 g/mol. The van der Waals surface area contributed by atoms with Crippen LogP contribution in [-0.4, -0.2) is 42.9 Å². The van der Waals surface area contributed by atoms with E-state index in [-0.39, 0.29) is 18.4 Å². The number of amides is 2. The summed E-state index contributed by atoms with van der Waals surface area (Å²) >= 11 is 0. The molecule has 1 fully saturated rings. The lowest BCUT2D eigenvalue weighted by Gasteiger charge is -2.32. The van der Waals surface area contributed by atoms with Crippen LogP contribution in [-0.2, 0) is 6.54 Å². The molecule has 140 valence electrons. The Morgan fingerprint density at radius 3 is 2.25 bits per heavy atom. The Labute approximate surface area is 163 Å². The maximum atomic E-state index is 13.2. The van der Waals surface area contributed by atoms with Crippen LogP contribution in [0.25, 0.3) is 10.8 Å². The maximum Gasteiger partial charge on any atom is 0.261 e. The number of piperazine rings is 1. The fraction of sp³-hybridized carbons (Fsp3) is 0.217. The second kappa shape index (κ2) is 6.77. The summed E-state index contributed by atoms with van der Waals surface area (Å²) in [6, 6.07) is 19.3. The lowest BCUT2D eigenvalue weighted by molar-refractivity contribution is 0.0598. The Balaban J connectivity index is 1.61. The highest BCUT2D eigenvalue weighted by atomic mass is 16.2. The van der Waals surface area contributed by atoms with Gasteiger partial charge in [0.1, 0.15) is 0 Å². The standard InChI is InChI=1S/C23H21N3O2/c27-22-18-8-4-7-17-20(25-13-11-24-12-14-25)10-9-19(21(17)18)23(28)26(22)15-16-5-2-1-3-6-16/h1-10,24H,11-15H2. The molecule has 5 heteroatoms. The molecule has 1 N–H and O–H groups in total. The van der Waals surface area contributed by atoms with Crippen molar-refractivity contribution >= 4 is 28.3 Å². The zero-order valence-corrected chi connectivity index (χ0v) is 15.5. The van der Waals surface area contributed by atoms with Gasteiger partial charge in [0.2, 0.25) is 0 Å². The molecule has 5 rings (SSSR count). The second-order valence-electron chi connectivity index (χ2n) is 7.28. The Hall–Kier alpha value is -3.18. The van der Waals surface area contributed by atoms with Crippen molar-refractivity contribution in [3.05, 3.63) is 77.4 Å². The predicted molar refractivity (Wildman–Crippen MR) is 110 cm³/mol. The van der Waals surface area contributed by atoms with E-state index in [1.807, 2.05) is 60.7 Å². The smallest absolute Gasteiger partial charge is 0.261 e. The highest BCUT2D eigenvalue weighted by molar-refractivity contribution is 6.26. The van der Waals surface area contributed by atoms with E-state index in [1.165, 1.54) is 4.90 Å². The number of hydrogen-bond donors (Lipinski definition) is 1. The molecule has 3 aromatic carbocycles. The molecule has 5 nitrogen and oxygen atoms in total. The van der Waals surface area contributed by atoms with Gasteiger partial charge < -0.3 is 10.2 Å². The Morgan fingerprint density at radius 2 is 1.50 bits per heavy atom. The molecule has 0 atom stereocenters. The molecule has 2 amide bonds. The van der Waals surface area contributed by atoms with Crippen LogP contribution in [0.15, 0.2) is 60.7 Å². The van der Waals surface area contributed by atoms with Crippen molar-refractivity contribution in [2.24, 2.45) is 0 Å². The van der Waals surface area contributed by atoms with E-state index >= 15 is 0 Å². The number of anilines is 1. The van der Waals surface area contributed by atoms with Crippen LogP contribution >= 0.6 is 0 Å². The normalized spacial score (nSPS) is 16.7. The number of hydrogen-bond acceptors (Lipinski definition) is 4. The minimum absolute atomic E-state index is 0.218. The van der Waals surface area contributed by atoms with Gasteiger partial charge in [0.25, 0.3) is 11.8 Å². The summed E-state index contributed by atoms with van der Waals surface area (Å²) in [7, 11) is 0. The van der Waals surface area contributed by atoms with Crippen LogP contribution in [0.3, 0.4) is 0 Å². The fourth-order valence-electron chi connectivity index (χ4n) is 4.22. The van der Waals surface area contributed by atoms with Gasteiger partial charge in [-0.3, -0.25) is 14.5 Å². The molecule has 0 aliphatic carbocycles. The van der Waals surface area contributed by atoms with Gasteiger partial charge in [-0.05, 0) is 23.8 Å². The third kappa shape index (κ3) is 2.67. The minimum atomic E-state index is -0.218. The number of imide groups is 1. The van der Waals surface area contributed by atoms with E-state index in [9.17, 15) is 9.59 Å². The predicted octanol–water partition coefficient (Wildman–Crippen LogP) is 3.05. The van der Waals surface area contributed by atoms with Gasteiger partial charge in [-0.15, -0.1) is 0 Å². The Morgan fingerprint density at radius 1 is 0.786 bits per heavy atom. The molecule has 0 bridgehead atoms. The summed E-state index contributed by atoms with van der Waals surface area (Å²) in [5.41, 5.74) is 3.26. The average Bonchev–Trinajstić information content (AvgIpc) is 2.76. The topological polar surface area (TPSA) is 52.7 Å². The highest BCUT2D eigenvalue weighted by Crippen LogP contribution is 2.36. The number of carbonyl (C=O) groups is 2. The van der Waals surface area contributed by atoms with Crippen molar-refractivity contribution in [2.75, 3.05) is 31.1 Å². The van der Waals surface area contributed by atoms with Gasteiger partial charge in [-0.25, -0.2) is 0 Å². The number of rotatable bonds is 3. The molecular weight excluding hydrogens is 350 g/mol. The van der Waals surface area contributed by atoms with E-state index in [0.717, 1.165) is 48.2 Å². The van der Waals surface area contributed by atoms with Gasteiger partial charge in [0, 0.05) is 53.8 Å². The molecular formula is C23H21N3O2. The minimum Gasteiger partial charge on any atom is -0.368 e. The van der Waals surface area contributed by atoms with E-state index < -0.39 is 0 Å². The molecule has 0 spiro atoms. The lowest BCUT2D eigenvalue weighted by Crippen LogP contribution is -2.44. The summed E-state index contributed by atoms with van der Waals surface area (Å²) in [6.07, 6.45) is 0. The Kier molecular flexibility index (Phi) is 4.10. The largest absolute Gasteiger partial charge is 0.368 e. The molecule has 3 aromatic rings.